The van der Waals surface area contributed by atoms with Crippen molar-refractivity contribution < 1.29 is 14.3 Å². The van der Waals surface area contributed by atoms with Crippen molar-refractivity contribution in [3.8, 4) is 5.75 Å². The molecule has 2 rings (SSSR count). The van der Waals surface area contributed by atoms with Gasteiger partial charge in [-0.3, -0.25) is 9.59 Å². The van der Waals surface area contributed by atoms with E-state index >= 15 is 0 Å². The number of ether oxygens (including phenoxy) is 1. The van der Waals surface area contributed by atoms with Crippen LogP contribution in [0.15, 0.2) is 24.3 Å². The number of carbonyl (C=O) groups excluding carboxylic acids is 2. The van der Waals surface area contributed by atoms with Crippen molar-refractivity contribution >= 4 is 12.1 Å². The molecule has 1 aliphatic rings. The van der Waals surface area contributed by atoms with E-state index in [2.05, 4.69) is 5.32 Å². The summed E-state index contributed by atoms with van der Waals surface area (Å²) < 4.78 is 5.34. The minimum absolute atomic E-state index is 0.0205. The van der Waals surface area contributed by atoms with E-state index in [4.69, 9.17) is 4.74 Å². The molecule has 0 amide bonds. The van der Waals surface area contributed by atoms with Crippen LogP contribution in [-0.2, 0) is 4.79 Å². The summed E-state index contributed by atoms with van der Waals surface area (Å²) in [4.78, 5) is 22.1. The highest BCUT2D eigenvalue weighted by Crippen LogP contribution is 2.27. The van der Waals surface area contributed by atoms with Crippen molar-refractivity contribution in [2.75, 3.05) is 19.7 Å². The Labute approximate surface area is 106 Å². The molecule has 1 aliphatic carbocycles. The molecule has 0 saturated heterocycles. The lowest BCUT2D eigenvalue weighted by atomic mass is 10.2. The van der Waals surface area contributed by atoms with E-state index in [1.165, 1.54) is 12.8 Å². The first kappa shape index (κ1) is 12.8. The number of aldehydes is 1. The lowest BCUT2D eigenvalue weighted by Gasteiger charge is -2.06. The zero-order chi connectivity index (χ0) is 12.8. The van der Waals surface area contributed by atoms with Crippen molar-refractivity contribution in [2.24, 2.45) is 5.92 Å². The molecule has 0 heterocycles. The molecule has 0 bridgehead atoms. The first-order valence-corrected chi connectivity index (χ1v) is 6.18. The van der Waals surface area contributed by atoms with Crippen LogP contribution in [-0.4, -0.2) is 31.8 Å². The molecule has 1 saturated carbocycles. The standard InChI is InChI=1S/C14H17NO3/c16-9-12-2-1-3-14(6-12)18-10-13(17)8-15-7-11-4-5-11/h1-3,6,9,11,15H,4-5,7-8,10H2. The van der Waals surface area contributed by atoms with Crippen LogP contribution in [0.1, 0.15) is 23.2 Å². The van der Waals surface area contributed by atoms with Crippen LogP contribution in [0.3, 0.4) is 0 Å². The van der Waals surface area contributed by atoms with Crippen LogP contribution in [0.5, 0.6) is 5.75 Å². The van der Waals surface area contributed by atoms with Gasteiger partial charge in [-0.15, -0.1) is 0 Å². The Balaban J connectivity index is 1.68. The summed E-state index contributed by atoms with van der Waals surface area (Å²) in [5.41, 5.74) is 0.548. The smallest absolute Gasteiger partial charge is 0.183 e. The predicted molar refractivity (Wildman–Crippen MR) is 67.9 cm³/mol. The fourth-order valence-electron chi connectivity index (χ4n) is 1.63. The van der Waals surface area contributed by atoms with Gasteiger partial charge >= 0.3 is 0 Å². The van der Waals surface area contributed by atoms with Crippen molar-refractivity contribution in [2.45, 2.75) is 12.8 Å². The van der Waals surface area contributed by atoms with Crippen LogP contribution in [0, 0.1) is 5.92 Å². The molecule has 18 heavy (non-hydrogen) atoms. The maximum atomic E-state index is 11.5. The van der Waals surface area contributed by atoms with E-state index in [0.717, 1.165) is 18.7 Å². The number of rotatable bonds is 8. The van der Waals surface area contributed by atoms with Crippen molar-refractivity contribution in [1.82, 2.24) is 5.32 Å². The Bertz CT molecular complexity index is 427. The van der Waals surface area contributed by atoms with Gasteiger partial charge in [0.25, 0.3) is 0 Å². The first-order chi connectivity index (χ1) is 8.78. The minimum Gasteiger partial charge on any atom is -0.486 e. The molecule has 0 aliphatic heterocycles. The van der Waals surface area contributed by atoms with Crippen molar-refractivity contribution in [1.29, 1.82) is 0 Å². The van der Waals surface area contributed by atoms with Crippen LogP contribution in [0.2, 0.25) is 0 Å². The summed E-state index contributed by atoms with van der Waals surface area (Å²) in [7, 11) is 0. The van der Waals surface area contributed by atoms with Gasteiger partial charge in [-0.2, -0.15) is 0 Å². The van der Waals surface area contributed by atoms with E-state index in [9.17, 15) is 9.59 Å². The summed E-state index contributed by atoms with van der Waals surface area (Å²) in [6.07, 6.45) is 3.30. The molecule has 96 valence electrons. The number of benzene rings is 1. The normalized spacial score (nSPS) is 14.2. The molecule has 1 aromatic rings. The highest BCUT2D eigenvalue weighted by atomic mass is 16.5. The van der Waals surface area contributed by atoms with Crippen molar-refractivity contribution in [3.63, 3.8) is 0 Å². The summed E-state index contributed by atoms with van der Waals surface area (Å²) in [5.74, 6) is 1.34. The third-order valence-electron chi connectivity index (χ3n) is 2.85. The van der Waals surface area contributed by atoms with Gasteiger partial charge < -0.3 is 10.1 Å². The molecule has 0 aromatic heterocycles. The van der Waals surface area contributed by atoms with Gasteiger partial charge in [-0.05, 0) is 37.4 Å². The predicted octanol–water partition coefficient (Wildman–Crippen LogP) is 1.45. The maximum absolute atomic E-state index is 11.5. The van der Waals surface area contributed by atoms with Gasteiger partial charge in [-0.1, -0.05) is 12.1 Å². The Morgan fingerprint density at radius 1 is 1.44 bits per heavy atom. The van der Waals surface area contributed by atoms with Gasteiger partial charge in [-0.25, -0.2) is 0 Å². The van der Waals surface area contributed by atoms with Crippen LogP contribution in [0.4, 0.5) is 0 Å². The molecule has 1 N–H and O–H groups in total. The number of nitrogens with one attached hydrogen (secondary N) is 1. The fourth-order valence-corrected chi connectivity index (χ4v) is 1.63. The maximum Gasteiger partial charge on any atom is 0.183 e. The molecular formula is C14H17NO3. The number of ketones is 1. The number of hydrogen-bond acceptors (Lipinski definition) is 4. The molecule has 4 heteroatoms. The topological polar surface area (TPSA) is 55.4 Å². The van der Waals surface area contributed by atoms with Crippen molar-refractivity contribution in [3.05, 3.63) is 29.8 Å². The summed E-state index contributed by atoms with van der Waals surface area (Å²) >= 11 is 0. The molecule has 0 atom stereocenters. The van der Waals surface area contributed by atoms with E-state index in [1.807, 2.05) is 0 Å². The number of carbonyl (C=O) groups is 2. The molecular weight excluding hydrogens is 230 g/mol. The van der Waals surface area contributed by atoms with Crippen LogP contribution in [0.25, 0.3) is 0 Å². The van der Waals surface area contributed by atoms with E-state index < -0.39 is 0 Å². The highest BCUT2D eigenvalue weighted by molar-refractivity contribution is 5.82. The van der Waals surface area contributed by atoms with Gasteiger partial charge in [0.2, 0.25) is 0 Å². The fraction of sp³-hybridized carbons (Fsp3) is 0.429. The second kappa shape index (κ2) is 6.31. The van der Waals surface area contributed by atoms with Gasteiger partial charge in [0, 0.05) is 5.56 Å². The van der Waals surface area contributed by atoms with Crippen LogP contribution < -0.4 is 10.1 Å². The Kier molecular flexibility index (Phi) is 4.47. The summed E-state index contributed by atoms with van der Waals surface area (Å²) in [6.45, 7) is 1.32. The number of hydrogen-bond donors (Lipinski definition) is 1. The molecule has 4 nitrogen and oxygen atoms in total. The Morgan fingerprint density at radius 2 is 2.28 bits per heavy atom. The average Bonchev–Trinajstić information content (AvgIpc) is 3.21. The van der Waals surface area contributed by atoms with E-state index in [-0.39, 0.29) is 12.4 Å². The second-order valence-corrected chi connectivity index (χ2v) is 4.59. The van der Waals surface area contributed by atoms with Gasteiger partial charge in [0.1, 0.15) is 18.6 Å². The number of Topliss-reactive ketones (excluding diaryl/α,β-unsaturated/α-hetero) is 1. The Hall–Kier alpha value is -1.68. The van der Waals surface area contributed by atoms with E-state index in [1.54, 1.807) is 24.3 Å². The van der Waals surface area contributed by atoms with E-state index in [0.29, 0.717) is 17.9 Å². The molecule has 0 radical (unpaired) electrons. The third kappa shape index (κ3) is 4.30. The molecule has 0 unspecified atom stereocenters. The monoisotopic (exact) mass is 247 g/mol. The SMILES string of the molecule is O=Cc1cccc(OCC(=O)CNCC2CC2)c1. The summed E-state index contributed by atoms with van der Waals surface area (Å²) in [5, 5.41) is 3.12. The average molecular weight is 247 g/mol. The summed E-state index contributed by atoms with van der Waals surface area (Å²) in [6, 6.07) is 6.78. The molecule has 1 aromatic carbocycles. The highest BCUT2D eigenvalue weighted by Gasteiger charge is 2.20. The largest absolute Gasteiger partial charge is 0.486 e. The lowest BCUT2D eigenvalue weighted by Crippen LogP contribution is -2.28. The second-order valence-electron chi connectivity index (χ2n) is 4.59. The van der Waals surface area contributed by atoms with Gasteiger partial charge in [0.05, 0.1) is 6.54 Å². The first-order valence-electron chi connectivity index (χ1n) is 6.18. The molecule has 0 spiro atoms. The van der Waals surface area contributed by atoms with Crippen LogP contribution >= 0.6 is 0 Å². The van der Waals surface area contributed by atoms with Gasteiger partial charge in [0.15, 0.2) is 5.78 Å². The lowest BCUT2D eigenvalue weighted by molar-refractivity contribution is -0.120. The zero-order valence-electron chi connectivity index (χ0n) is 10.2. The Morgan fingerprint density at radius 3 is 3.00 bits per heavy atom. The zero-order valence-corrected chi connectivity index (χ0v) is 10.2. The quantitative estimate of drug-likeness (QED) is 0.706. The minimum atomic E-state index is 0.0205. The molecule has 1 fully saturated rings. The third-order valence-corrected chi connectivity index (χ3v) is 2.85.